The van der Waals surface area contributed by atoms with E-state index in [9.17, 15) is 0 Å². The van der Waals surface area contributed by atoms with Gasteiger partial charge in [0.25, 0.3) is 0 Å². The summed E-state index contributed by atoms with van der Waals surface area (Å²) < 4.78 is 0. The first kappa shape index (κ1) is 35.9. The number of nitrogens with zero attached hydrogens (tertiary/aromatic N) is 1. The van der Waals surface area contributed by atoms with Crippen molar-refractivity contribution in [1.29, 1.82) is 0 Å². The monoisotopic (exact) mass is 767 g/mol. The number of hydrogen-bond donors (Lipinski definition) is 0. The summed E-state index contributed by atoms with van der Waals surface area (Å²) >= 11 is 0. The normalized spacial score (nSPS) is 13.8. The van der Waals surface area contributed by atoms with Crippen LogP contribution in [-0.4, -0.2) is 0 Å². The van der Waals surface area contributed by atoms with E-state index in [2.05, 4.69) is 244 Å². The number of rotatable bonds is 7. The molecule has 0 atom stereocenters. The predicted octanol–water partition coefficient (Wildman–Crippen LogP) is 15.5. The summed E-state index contributed by atoms with van der Waals surface area (Å²) in [5, 5.41) is 0. The minimum absolute atomic E-state index is 0.136. The molecule has 0 aliphatic heterocycles. The SMILES string of the molecule is Cc1cc(-c2ccccc2)ccc1N(c1ccc2c(c1)C(C)(C)c1ccccc1-2)c1ccc2c(c1)C(c1ccccc1)(c1ccccc1)c1cccc(-c3ccccc3)c1-2. The van der Waals surface area contributed by atoms with Gasteiger partial charge < -0.3 is 4.90 Å². The molecule has 0 unspecified atom stereocenters. The van der Waals surface area contributed by atoms with E-state index in [-0.39, 0.29) is 5.41 Å². The second-order valence-corrected chi connectivity index (χ2v) is 16.9. The van der Waals surface area contributed by atoms with E-state index in [1.165, 1.54) is 83.5 Å². The molecule has 2 aliphatic carbocycles. The molecule has 2 aliphatic rings. The van der Waals surface area contributed by atoms with Gasteiger partial charge in [-0.2, -0.15) is 0 Å². The Kier molecular flexibility index (Phi) is 8.36. The maximum absolute atomic E-state index is 2.51. The summed E-state index contributed by atoms with van der Waals surface area (Å²) in [5.41, 5.74) is 21.9. The minimum Gasteiger partial charge on any atom is -0.310 e. The van der Waals surface area contributed by atoms with Gasteiger partial charge in [0.15, 0.2) is 0 Å². The molecule has 0 spiro atoms. The Morgan fingerprint density at radius 3 is 1.52 bits per heavy atom. The van der Waals surface area contributed by atoms with Crippen LogP contribution in [0.1, 0.15) is 52.8 Å². The molecule has 0 aromatic heterocycles. The van der Waals surface area contributed by atoms with Gasteiger partial charge in [-0.15, -0.1) is 0 Å². The molecule has 0 fully saturated rings. The molecule has 11 rings (SSSR count). The van der Waals surface area contributed by atoms with Crippen molar-refractivity contribution in [2.45, 2.75) is 31.6 Å². The maximum atomic E-state index is 2.51. The molecule has 286 valence electrons. The van der Waals surface area contributed by atoms with E-state index >= 15 is 0 Å². The van der Waals surface area contributed by atoms with Crippen LogP contribution in [0.15, 0.2) is 218 Å². The molecular formula is C59H45N. The molecule has 0 saturated heterocycles. The Hall–Kier alpha value is -7.22. The Bertz CT molecular complexity index is 3010. The van der Waals surface area contributed by atoms with Crippen LogP contribution in [0.25, 0.3) is 44.5 Å². The highest BCUT2D eigenvalue weighted by Crippen LogP contribution is 2.60. The lowest BCUT2D eigenvalue weighted by Crippen LogP contribution is -2.28. The molecule has 1 heteroatoms. The van der Waals surface area contributed by atoms with Gasteiger partial charge >= 0.3 is 0 Å². The van der Waals surface area contributed by atoms with Gasteiger partial charge in [-0.3, -0.25) is 0 Å². The Balaban J connectivity index is 1.19. The van der Waals surface area contributed by atoms with Gasteiger partial charge in [-0.05, 0) is 127 Å². The molecule has 0 amide bonds. The van der Waals surface area contributed by atoms with Gasteiger partial charge in [-0.1, -0.05) is 196 Å². The molecule has 0 heterocycles. The molecule has 0 radical (unpaired) electrons. The van der Waals surface area contributed by atoms with Crippen molar-refractivity contribution >= 4 is 17.1 Å². The lowest BCUT2D eigenvalue weighted by molar-refractivity contribution is 0.660. The number of anilines is 3. The predicted molar refractivity (Wildman–Crippen MR) is 252 cm³/mol. The molecule has 0 saturated carbocycles. The molecule has 0 N–H and O–H groups in total. The van der Waals surface area contributed by atoms with Crippen molar-refractivity contribution in [2.24, 2.45) is 0 Å². The van der Waals surface area contributed by atoms with Crippen molar-refractivity contribution < 1.29 is 0 Å². The highest BCUT2D eigenvalue weighted by Gasteiger charge is 2.47. The first-order valence-corrected chi connectivity index (χ1v) is 21.1. The molecule has 9 aromatic rings. The number of fused-ring (bicyclic) bond motifs is 6. The highest BCUT2D eigenvalue weighted by molar-refractivity contribution is 5.97. The van der Waals surface area contributed by atoms with Crippen LogP contribution in [0.5, 0.6) is 0 Å². The van der Waals surface area contributed by atoms with Gasteiger partial charge in [-0.25, -0.2) is 0 Å². The molecule has 1 nitrogen and oxygen atoms in total. The van der Waals surface area contributed by atoms with Crippen molar-refractivity contribution in [3.63, 3.8) is 0 Å². The van der Waals surface area contributed by atoms with Crippen LogP contribution in [0.4, 0.5) is 17.1 Å². The van der Waals surface area contributed by atoms with E-state index in [1.54, 1.807) is 0 Å². The summed E-state index contributed by atoms with van der Waals surface area (Å²) in [6, 6.07) is 81.1. The van der Waals surface area contributed by atoms with E-state index in [4.69, 9.17) is 0 Å². The van der Waals surface area contributed by atoms with Crippen LogP contribution in [-0.2, 0) is 10.8 Å². The van der Waals surface area contributed by atoms with Crippen LogP contribution in [0, 0.1) is 6.92 Å². The van der Waals surface area contributed by atoms with Gasteiger partial charge in [0.2, 0.25) is 0 Å². The Morgan fingerprint density at radius 2 is 0.867 bits per heavy atom. The third kappa shape index (κ3) is 5.39. The molecule has 60 heavy (non-hydrogen) atoms. The highest BCUT2D eigenvalue weighted by atomic mass is 15.1. The summed E-state index contributed by atoms with van der Waals surface area (Å²) in [6.07, 6.45) is 0. The fourth-order valence-electron chi connectivity index (χ4n) is 10.5. The second kappa shape index (κ2) is 14.0. The average molecular weight is 768 g/mol. The summed E-state index contributed by atoms with van der Waals surface area (Å²) in [6.45, 7) is 7.00. The average Bonchev–Trinajstić information content (AvgIpc) is 3.73. The first-order valence-electron chi connectivity index (χ1n) is 21.1. The zero-order valence-corrected chi connectivity index (χ0v) is 34.2. The molecule has 9 aromatic carbocycles. The van der Waals surface area contributed by atoms with Crippen LogP contribution >= 0.6 is 0 Å². The minimum atomic E-state index is -0.562. The van der Waals surface area contributed by atoms with Crippen molar-refractivity contribution in [3.05, 3.63) is 257 Å². The van der Waals surface area contributed by atoms with E-state index < -0.39 is 5.41 Å². The van der Waals surface area contributed by atoms with Gasteiger partial charge in [0.1, 0.15) is 0 Å². The largest absolute Gasteiger partial charge is 0.310 e. The van der Waals surface area contributed by atoms with Crippen molar-refractivity contribution in [1.82, 2.24) is 0 Å². The van der Waals surface area contributed by atoms with E-state index in [0.717, 1.165) is 17.1 Å². The number of hydrogen-bond acceptors (Lipinski definition) is 1. The maximum Gasteiger partial charge on any atom is 0.0714 e. The smallest absolute Gasteiger partial charge is 0.0714 e. The molecule has 0 bridgehead atoms. The van der Waals surface area contributed by atoms with E-state index in [1.807, 2.05) is 0 Å². The summed E-state index contributed by atoms with van der Waals surface area (Å²) in [7, 11) is 0. The third-order valence-corrected chi connectivity index (χ3v) is 13.3. The van der Waals surface area contributed by atoms with E-state index in [0.29, 0.717) is 0 Å². The van der Waals surface area contributed by atoms with Crippen LogP contribution < -0.4 is 4.90 Å². The summed E-state index contributed by atoms with van der Waals surface area (Å²) in [5.74, 6) is 0. The molecular weight excluding hydrogens is 723 g/mol. The standard InChI is InChI=1S/C59H45N/c1-40-37-43(41-19-8-4-9-20-41)31-36-56(40)60(46-32-34-50-49-27-16-17-29-52(49)58(2,3)54(50)38-46)47-33-35-51-55(39-47)59(44-23-12-6-13-24-44,45-25-14-7-15-26-45)53-30-18-28-48(57(51)53)42-21-10-5-11-22-42/h4-39H,1-3H3. The van der Waals surface area contributed by atoms with Crippen molar-refractivity contribution in [2.75, 3.05) is 4.90 Å². The Morgan fingerprint density at radius 1 is 0.350 bits per heavy atom. The number of benzene rings is 9. The van der Waals surface area contributed by atoms with Crippen LogP contribution in [0.2, 0.25) is 0 Å². The van der Waals surface area contributed by atoms with Gasteiger partial charge in [0, 0.05) is 22.5 Å². The Labute approximate surface area is 353 Å². The lowest BCUT2D eigenvalue weighted by Gasteiger charge is -2.35. The topological polar surface area (TPSA) is 3.24 Å². The second-order valence-electron chi connectivity index (χ2n) is 16.9. The lowest BCUT2D eigenvalue weighted by atomic mass is 9.67. The summed E-state index contributed by atoms with van der Waals surface area (Å²) in [4.78, 5) is 2.51. The van der Waals surface area contributed by atoms with Gasteiger partial charge in [0.05, 0.1) is 5.41 Å². The quantitative estimate of drug-likeness (QED) is 0.156. The third-order valence-electron chi connectivity index (χ3n) is 13.3. The van der Waals surface area contributed by atoms with Crippen molar-refractivity contribution in [3.8, 4) is 44.5 Å². The van der Waals surface area contributed by atoms with Crippen LogP contribution in [0.3, 0.4) is 0 Å². The fraction of sp³-hybridized carbons (Fsp3) is 0.0847. The zero-order valence-electron chi connectivity index (χ0n) is 34.2. The zero-order chi connectivity index (χ0) is 40.4. The first-order chi connectivity index (χ1) is 29.4. The number of aryl methyl sites for hydroxylation is 1. The fourth-order valence-corrected chi connectivity index (χ4v) is 10.5.